The van der Waals surface area contributed by atoms with Crippen LogP contribution < -0.4 is 16.0 Å². The van der Waals surface area contributed by atoms with E-state index in [1.165, 1.54) is 12.7 Å². The SMILES string of the molecule is COC(=O)N1CC[C@@H](NC(=O)[C@@H](N)Cc2c(C)cc(O)cc2C)c2cc(Cc3ccccc3)ccc21. The van der Waals surface area contributed by atoms with Crippen LogP contribution in [-0.2, 0) is 22.4 Å². The Bertz CT molecular complexity index is 1240. The molecule has 2 amide bonds. The molecule has 4 rings (SSSR count). The number of carbonyl (C=O) groups excluding carboxylic acids is 2. The second-order valence-electron chi connectivity index (χ2n) is 9.40. The quantitative estimate of drug-likeness (QED) is 0.481. The van der Waals surface area contributed by atoms with E-state index in [1.807, 2.05) is 44.2 Å². The van der Waals surface area contributed by atoms with Crippen molar-refractivity contribution in [1.82, 2.24) is 5.32 Å². The van der Waals surface area contributed by atoms with E-state index >= 15 is 0 Å². The first kappa shape index (κ1) is 25.3. The van der Waals surface area contributed by atoms with E-state index < -0.39 is 12.1 Å². The van der Waals surface area contributed by atoms with Gasteiger partial charge in [-0.05, 0) is 84.7 Å². The normalized spacial score (nSPS) is 15.7. The first-order valence-corrected chi connectivity index (χ1v) is 12.1. The Balaban J connectivity index is 1.57. The zero-order valence-electron chi connectivity index (χ0n) is 21.0. The molecule has 3 aromatic carbocycles. The van der Waals surface area contributed by atoms with Gasteiger partial charge in [0.2, 0.25) is 5.91 Å². The summed E-state index contributed by atoms with van der Waals surface area (Å²) in [6, 6.07) is 18.5. The van der Waals surface area contributed by atoms with Gasteiger partial charge in [-0.25, -0.2) is 4.79 Å². The number of nitrogens with two attached hydrogens (primary N) is 1. The lowest BCUT2D eigenvalue weighted by molar-refractivity contribution is -0.123. The first-order valence-electron chi connectivity index (χ1n) is 12.1. The fraction of sp³-hybridized carbons (Fsp3) is 0.310. The van der Waals surface area contributed by atoms with Crippen LogP contribution in [0.5, 0.6) is 5.75 Å². The predicted molar refractivity (Wildman–Crippen MR) is 140 cm³/mol. The van der Waals surface area contributed by atoms with Crippen molar-refractivity contribution in [2.24, 2.45) is 5.73 Å². The maximum atomic E-state index is 13.2. The molecule has 0 fully saturated rings. The van der Waals surface area contributed by atoms with Gasteiger partial charge in [0.15, 0.2) is 0 Å². The number of hydrogen-bond donors (Lipinski definition) is 3. The smallest absolute Gasteiger partial charge is 0.414 e. The summed E-state index contributed by atoms with van der Waals surface area (Å²) in [5.74, 6) is -0.0511. The summed E-state index contributed by atoms with van der Waals surface area (Å²) in [5.41, 5.74) is 13.0. The van der Waals surface area contributed by atoms with E-state index in [0.29, 0.717) is 19.4 Å². The van der Waals surface area contributed by atoms with Crippen LogP contribution in [0.25, 0.3) is 0 Å². The third-order valence-corrected chi connectivity index (χ3v) is 6.80. The average molecular weight is 488 g/mol. The molecule has 1 aliphatic heterocycles. The molecule has 0 unspecified atom stereocenters. The molecular weight excluding hydrogens is 454 g/mol. The Morgan fingerprint density at radius 2 is 1.78 bits per heavy atom. The highest BCUT2D eigenvalue weighted by molar-refractivity contribution is 5.90. The number of hydrogen-bond acceptors (Lipinski definition) is 5. The van der Waals surface area contributed by atoms with Crippen LogP contribution in [0.15, 0.2) is 60.7 Å². The number of phenolic OH excluding ortho intramolecular Hbond substituents is 1. The van der Waals surface area contributed by atoms with E-state index in [2.05, 4.69) is 23.5 Å². The van der Waals surface area contributed by atoms with Crippen molar-refractivity contribution < 1.29 is 19.4 Å². The molecule has 188 valence electrons. The molecule has 0 saturated carbocycles. The van der Waals surface area contributed by atoms with Crippen LogP contribution in [0.4, 0.5) is 10.5 Å². The Morgan fingerprint density at radius 1 is 1.08 bits per heavy atom. The van der Waals surface area contributed by atoms with Gasteiger partial charge in [0.05, 0.1) is 24.9 Å². The van der Waals surface area contributed by atoms with Crippen LogP contribution in [0.3, 0.4) is 0 Å². The lowest BCUT2D eigenvalue weighted by Crippen LogP contribution is -2.46. The third kappa shape index (κ3) is 5.52. The van der Waals surface area contributed by atoms with Gasteiger partial charge in [-0.1, -0.05) is 42.5 Å². The average Bonchev–Trinajstić information content (AvgIpc) is 2.86. The Kier molecular flexibility index (Phi) is 7.60. The molecule has 0 saturated heterocycles. The number of methoxy groups -OCH3 is 1. The van der Waals surface area contributed by atoms with Crippen molar-refractivity contribution in [2.45, 2.75) is 45.2 Å². The standard InChI is InChI=1S/C29H33N3O4/c1-18-13-22(33)14-19(2)23(18)17-25(30)28(34)31-26-11-12-32(29(35)36-3)27-10-9-21(16-24(26)27)15-20-7-5-4-6-8-20/h4-10,13-14,16,25-26,33H,11-12,15,17,30H2,1-3H3,(H,31,34)/t25-,26+/m0/s1. The number of ether oxygens (including phenoxy) is 1. The number of fused-ring (bicyclic) bond motifs is 1. The Morgan fingerprint density at radius 3 is 2.44 bits per heavy atom. The molecule has 0 radical (unpaired) electrons. The molecule has 1 aliphatic rings. The fourth-order valence-electron chi connectivity index (χ4n) is 4.94. The van der Waals surface area contributed by atoms with Crippen molar-refractivity contribution in [3.8, 4) is 5.75 Å². The minimum atomic E-state index is -0.749. The summed E-state index contributed by atoms with van der Waals surface area (Å²) >= 11 is 0. The van der Waals surface area contributed by atoms with Crippen LogP contribution in [0, 0.1) is 13.8 Å². The number of phenols is 1. The number of rotatable bonds is 6. The van der Waals surface area contributed by atoms with Gasteiger partial charge in [0.1, 0.15) is 5.75 Å². The van der Waals surface area contributed by atoms with E-state index in [0.717, 1.165) is 39.9 Å². The topological polar surface area (TPSA) is 105 Å². The van der Waals surface area contributed by atoms with Crippen molar-refractivity contribution >= 4 is 17.7 Å². The van der Waals surface area contributed by atoms with E-state index in [-0.39, 0.29) is 17.7 Å². The number of benzene rings is 3. The van der Waals surface area contributed by atoms with Crippen molar-refractivity contribution in [3.63, 3.8) is 0 Å². The highest BCUT2D eigenvalue weighted by Crippen LogP contribution is 2.35. The third-order valence-electron chi connectivity index (χ3n) is 6.80. The molecule has 3 aromatic rings. The van der Waals surface area contributed by atoms with E-state index in [9.17, 15) is 14.7 Å². The molecular formula is C29H33N3O4. The van der Waals surface area contributed by atoms with Crippen LogP contribution in [0.1, 0.15) is 45.8 Å². The second-order valence-corrected chi connectivity index (χ2v) is 9.40. The van der Waals surface area contributed by atoms with E-state index in [4.69, 9.17) is 10.5 Å². The lowest BCUT2D eigenvalue weighted by atomic mass is 9.92. The number of anilines is 1. The second kappa shape index (κ2) is 10.8. The molecule has 1 heterocycles. The number of aryl methyl sites for hydroxylation is 2. The summed E-state index contributed by atoms with van der Waals surface area (Å²) in [4.78, 5) is 27.2. The summed E-state index contributed by atoms with van der Waals surface area (Å²) in [5, 5.41) is 12.9. The van der Waals surface area contributed by atoms with Crippen molar-refractivity contribution in [1.29, 1.82) is 0 Å². The number of nitrogens with one attached hydrogen (secondary N) is 1. The highest BCUT2D eigenvalue weighted by Gasteiger charge is 2.31. The first-order chi connectivity index (χ1) is 17.3. The molecule has 0 bridgehead atoms. The van der Waals surface area contributed by atoms with Crippen molar-refractivity contribution in [3.05, 3.63) is 94.0 Å². The Hall–Kier alpha value is -3.84. The Labute approximate surface area is 211 Å². The van der Waals surface area contributed by atoms with Gasteiger partial charge >= 0.3 is 6.09 Å². The van der Waals surface area contributed by atoms with Crippen LogP contribution >= 0.6 is 0 Å². The zero-order chi connectivity index (χ0) is 25.8. The number of nitrogens with zero attached hydrogens (tertiary/aromatic N) is 1. The molecule has 0 spiro atoms. The molecule has 0 aliphatic carbocycles. The fourth-order valence-corrected chi connectivity index (χ4v) is 4.94. The van der Waals surface area contributed by atoms with Gasteiger partial charge in [-0.15, -0.1) is 0 Å². The minimum absolute atomic E-state index is 0.201. The number of aromatic hydroxyl groups is 1. The van der Waals surface area contributed by atoms with Gasteiger partial charge in [-0.3, -0.25) is 9.69 Å². The van der Waals surface area contributed by atoms with Crippen LogP contribution in [-0.4, -0.2) is 36.8 Å². The molecule has 7 nitrogen and oxygen atoms in total. The van der Waals surface area contributed by atoms with Gasteiger partial charge in [-0.2, -0.15) is 0 Å². The molecule has 4 N–H and O–H groups in total. The zero-order valence-corrected chi connectivity index (χ0v) is 21.0. The highest BCUT2D eigenvalue weighted by atomic mass is 16.5. The van der Waals surface area contributed by atoms with Gasteiger partial charge < -0.3 is 20.9 Å². The van der Waals surface area contributed by atoms with Crippen molar-refractivity contribution in [2.75, 3.05) is 18.6 Å². The summed E-state index contributed by atoms with van der Waals surface area (Å²) < 4.78 is 4.99. The molecule has 2 atom stereocenters. The van der Waals surface area contributed by atoms with Gasteiger partial charge in [0, 0.05) is 6.54 Å². The number of amides is 2. The summed E-state index contributed by atoms with van der Waals surface area (Å²) in [7, 11) is 1.37. The lowest BCUT2D eigenvalue weighted by Gasteiger charge is -2.34. The molecule has 0 aromatic heterocycles. The molecule has 36 heavy (non-hydrogen) atoms. The van der Waals surface area contributed by atoms with Gasteiger partial charge in [0.25, 0.3) is 0 Å². The maximum Gasteiger partial charge on any atom is 0.414 e. The van der Waals surface area contributed by atoms with E-state index in [1.54, 1.807) is 17.0 Å². The monoisotopic (exact) mass is 487 g/mol. The maximum absolute atomic E-state index is 13.2. The van der Waals surface area contributed by atoms with Crippen LogP contribution in [0.2, 0.25) is 0 Å². The minimum Gasteiger partial charge on any atom is -0.508 e. The predicted octanol–water partition coefficient (Wildman–Crippen LogP) is 4.30. The summed E-state index contributed by atoms with van der Waals surface area (Å²) in [6.45, 7) is 4.23. The summed E-state index contributed by atoms with van der Waals surface area (Å²) in [6.07, 6.45) is 1.23. The largest absolute Gasteiger partial charge is 0.508 e. The molecule has 7 heteroatoms. The number of carbonyl (C=O) groups is 2.